The highest BCUT2D eigenvalue weighted by atomic mass is 79.9. The Labute approximate surface area is 132 Å². The van der Waals surface area contributed by atoms with Crippen molar-refractivity contribution in [3.8, 4) is 0 Å². The van der Waals surface area contributed by atoms with Crippen LogP contribution in [0.3, 0.4) is 0 Å². The third kappa shape index (κ3) is 5.83. The predicted octanol–water partition coefficient (Wildman–Crippen LogP) is 3.01. The van der Waals surface area contributed by atoms with Crippen LogP contribution >= 0.6 is 15.9 Å². The van der Waals surface area contributed by atoms with Crippen LogP contribution < -0.4 is 10.6 Å². The van der Waals surface area contributed by atoms with Crippen LogP contribution in [0.2, 0.25) is 0 Å². The molecule has 2 N–H and O–H groups in total. The molecule has 0 aliphatic rings. The molecule has 0 saturated carbocycles. The van der Waals surface area contributed by atoms with Crippen molar-refractivity contribution in [3.63, 3.8) is 0 Å². The van der Waals surface area contributed by atoms with Gasteiger partial charge in [0.05, 0.1) is 5.56 Å². The van der Waals surface area contributed by atoms with Gasteiger partial charge >= 0.3 is 0 Å². The lowest BCUT2D eigenvalue weighted by molar-refractivity contribution is -0.121. The number of amides is 2. The first kappa shape index (κ1) is 17.6. The minimum atomic E-state index is -0.477. The lowest BCUT2D eigenvalue weighted by Gasteiger charge is -2.14. The molecule has 0 unspecified atom stereocenters. The summed E-state index contributed by atoms with van der Waals surface area (Å²) in [6.45, 7) is 4.24. The maximum Gasteiger partial charge on any atom is 0.252 e. The Morgan fingerprint density at radius 3 is 2.57 bits per heavy atom. The molecule has 2 amide bonds. The maximum atomic E-state index is 13.1. The summed E-state index contributed by atoms with van der Waals surface area (Å²) in [7, 11) is 0. The third-order valence-electron chi connectivity index (χ3n) is 3.16. The fourth-order valence-corrected chi connectivity index (χ4v) is 2.28. The summed E-state index contributed by atoms with van der Waals surface area (Å²) < 4.78 is 13.6. The van der Waals surface area contributed by atoms with Crippen LogP contribution in [0, 0.1) is 5.82 Å². The standard InChI is InChI=1S/C15H20BrFN2O2/c1-3-11(4-2)19-14(20)7-8-18-15(21)12-9-10(17)5-6-13(12)16/h5-6,9,11H,3-4,7-8H2,1-2H3,(H,18,21)(H,19,20). The second kappa shape index (κ2) is 8.77. The number of carbonyl (C=O) groups is 2. The van der Waals surface area contributed by atoms with Crippen molar-refractivity contribution in [2.75, 3.05) is 6.54 Å². The molecule has 0 aliphatic carbocycles. The molecule has 6 heteroatoms. The number of nitrogens with one attached hydrogen (secondary N) is 2. The van der Waals surface area contributed by atoms with Gasteiger partial charge in [0, 0.05) is 23.5 Å². The smallest absolute Gasteiger partial charge is 0.252 e. The van der Waals surface area contributed by atoms with E-state index in [9.17, 15) is 14.0 Å². The normalized spacial score (nSPS) is 10.5. The molecule has 0 aromatic heterocycles. The SMILES string of the molecule is CCC(CC)NC(=O)CCNC(=O)c1cc(F)ccc1Br. The molecule has 116 valence electrons. The Morgan fingerprint density at radius 2 is 1.95 bits per heavy atom. The summed E-state index contributed by atoms with van der Waals surface area (Å²) in [5.74, 6) is -0.978. The number of carbonyl (C=O) groups excluding carboxylic acids is 2. The van der Waals surface area contributed by atoms with Crippen LogP contribution in [0.1, 0.15) is 43.5 Å². The zero-order valence-electron chi connectivity index (χ0n) is 12.2. The molecule has 21 heavy (non-hydrogen) atoms. The minimum Gasteiger partial charge on any atom is -0.353 e. The van der Waals surface area contributed by atoms with Crippen molar-refractivity contribution in [1.82, 2.24) is 10.6 Å². The zero-order chi connectivity index (χ0) is 15.8. The summed E-state index contributed by atoms with van der Waals surface area (Å²) in [6.07, 6.45) is 1.96. The monoisotopic (exact) mass is 358 g/mol. The van der Waals surface area contributed by atoms with E-state index in [0.29, 0.717) is 4.47 Å². The Hall–Kier alpha value is -1.43. The van der Waals surface area contributed by atoms with Crippen LogP contribution in [-0.2, 0) is 4.79 Å². The van der Waals surface area contributed by atoms with E-state index >= 15 is 0 Å². The van der Waals surface area contributed by atoms with E-state index < -0.39 is 11.7 Å². The first-order valence-corrected chi connectivity index (χ1v) is 7.79. The molecule has 0 atom stereocenters. The Morgan fingerprint density at radius 1 is 1.29 bits per heavy atom. The highest BCUT2D eigenvalue weighted by molar-refractivity contribution is 9.10. The van der Waals surface area contributed by atoms with Crippen molar-refractivity contribution < 1.29 is 14.0 Å². The minimum absolute atomic E-state index is 0.0951. The average molecular weight is 359 g/mol. The van der Waals surface area contributed by atoms with Crippen molar-refractivity contribution in [2.45, 2.75) is 39.2 Å². The fraction of sp³-hybridized carbons (Fsp3) is 0.467. The number of benzene rings is 1. The quantitative estimate of drug-likeness (QED) is 0.786. The maximum absolute atomic E-state index is 13.1. The summed E-state index contributed by atoms with van der Waals surface area (Å²) in [6, 6.07) is 4.07. The number of halogens is 2. The average Bonchev–Trinajstić information content (AvgIpc) is 2.47. The molecule has 1 aromatic rings. The largest absolute Gasteiger partial charge is 0.353 e. The second-order valence-corrected chi connectivity index (χ2v) is 5.57. The molecule has 0 heterocycles. The number of hydrogen-bond acceptors (Lipinski definition) is 2. The molecule has 0 spiro atoms. The van der Waals surface area contributed by atoms with Crippen LogP contribution in [-0.4, -0.2) is 24.4 Å². The predicted molar refractivity (Wildman–Crippen MR) is 83.6 cm³/mol. The van der Waals surface area contributed by atoms with Crippen molar-refractivity contribution >= 4 is 27.7 Å². The molecule has 4 nitrogen and oxygen atoms in total. The zero-order valence-corrected chi connectivity index (χ0v) is 13.8. The van der Waals surface area contributed by atoms with E-state index in [0.717, 1.165) is 18.9 Å². The lowest BCUT2D eigenvalue weighted by atomic mass is 10.1. The molecule has 0 bridgehead atoms. The second-order valence-electron chi connectivity index (χ2n) is 4.71. The molecule has 1 rings (SSSR count). The van der Waals surface area contributed by atoms with Crippen LogP contribution in [0.15, 0.2) is 22.7 Å². The highest BCUT2D eigenvalue weighted by Gasteiger charge is 2.12. The summed E-state index contributed by atoms with van der Waals surface area (Å²) in [4.78, 5) is 23.6. The van der Waals surface area contributed by atoms with Gasteiger partial charge < -0.3 is 10.6 Å². The van der Waals surface area contributed by atoms with E-state index in [4.69, 9.17) is 0 Å². The first-order chi connectivity index (χ1) is 9.97. The van der Waals surface area contributed by atoms with E-state index in [1.165, 1.54) is 12.1 Å². The van der Waals surface area contributed by atoms with Gasteiger partial charge in [0.1, 0.15) is 5.82 Å². The Kier molecular flexibility index (Phi) is 7.36. The van der Waals surface area contributed by atoms with E-state index in [2.05, 4.69) is 26.6 Å². The molecule has 0 saturated heterocycles. The van der Waals surface area contributed by atoms with Gasteiger partial charge in [-0.15, -0.1) is 0 Å². The van der Waals surface area contributed by atoms with Crippen LogP contribution in [0.5, 0.6) is 0 Å². The van der Waals surface area contributed by atoms with Gasteiger partial charge in [-0.3, -0.25) is 9.59 Å². The molecular weight excluding hydrogens is 339 g/mol. The van der Waals surface area contributed by atoms with Gasteiger partial charge in [0.15, 0.2) is 0 Å². The Balaban J connectivity index is 2.43. The molecule has 0 fully saturated rings. The summed E-state index contributed by atoms with van der Waals surface area (Å²) in [5, 5.41) is 5.50. The van der Waals surface area contributed by atoms with E-state index in [1.807, 2.05) is 13.8 Å². The first-order valence-electron chi connectivity index (χ1n) is 7.00. The van der Waals surface area contributed by atoms with Crippen molar-refractivity contribution in [1.29, 1.82) is 0 Å². The molecule has 0 aliphatic heterocycles. The lowest BCUT2D eigenvalue weighted by Crippen LogP contribution is -2.36. The highest BCUT2D eigenvalue weighted by Crippen LogP contribution is 2.17. The third-order valence-corrected chi connectivity index (χ3v) is 3.85. The number of hydrogen-bond donors (Lipinski definition) is 2. The fourth-order valence-electron chi connectivity index (χ4n) is 1.85. The van der Waals surface area contributed by atoms with Crippen LogP contribution in [0.25, 0.3) is 0 Å². The van der Waals surface area contributed by atoms with Gasteiger partial charge in [-0.25, -0.2) is 4.39 Å². The van der Waals surface area contributed by atoms with Gasteiger partial charge in [0.2, 0.25) is 5.91 Å². The van der Waals surface area contributed by atoms with Crippen molar-refractivity contribution in [3.05, 3.63) is 34.1 Å². The van der Waals surface area contributed by atoms with Gasteiger partial charge in [-0.2, -0.15) is 0 Å². The number of rotatable bonds is 7. The van der Waals surface area contributed by atoms with Crippen LogP contribution in [0.4, 0.5) is 4.39 Å². The van der Waals surface area contributed by atoms with E-state index in [1.54, 1.807) is 0 Å². The van der Waals surface area contributed by atoms with Crippen molar-refractivity contribution in [2.24, 2.45) is 0 Å². The molecule has 0 radical (unpaired) electrons. The summed E-state index contributed by atoms with van der Waals surface area (Å²) >= 11 is 3.20. The van der Waals surface area contributed by atoms with E-state index in [-0.39, 0.29) is 30.5 Å². The molecule has 1 aromatic carbocycles. The van der Waals surface area contributed by atoms with Gasteiger partial charge in [-0.1, -0.05) is 13.8 Å². The van der Waals surface area contributed by atoms with Gasteiger partial charge in [-0.05, 0) is 47.0 Å². The van der Waals surface area contributed by atoms with Gasteiger partial charge in [0.25, 0.3) is 5.91 Å². The topological polar surface area (TPSA) is 58.2 Å². The Bertz CT molecular complexity index is 504. The summed E-state index contributed by atoms with van der Waals surface area (Å²) in [5.41, 5.74) is 0.218. The molecular formula is C15H20BrFN2O2.